The molecule has 0 saturated heterocycles. The Morgan fingerprint density at radius 1 is 1.53 bits per heavy atom. The average Bonchev–Trinajstić information content (AvgIpc) is 2.72. The van der Waals surface area contributed by atoms with Gasteiger partial charge in [0.1, 0.15) is 0 Å². The second-order valence-electron chi connectivity index (χ2n) is 5.06. The Hall–Kier alpha value is -1.56. The number of aliphatic hydroxyl groups excluding tert-OH is 1. The van der Waals surface area contributed by atoms with Crippen LogP contribution in [0.5, 0.6) is 0 Å². The van der Waals surface area contributed by atoms with Crippen molar-refractivity contribution >= 4 is 11.6 Å². The van der Waals surface area contributed by atoms with Crippen molar-refractivity contribution in [2.24, 2.45) is 0 Å². The van der Waals surface area contributed by atoms with Gasteiger partial charge >= 0.3 is 0 Å². The lowest BCUT2D eigenvalue weighted by Crippen LogP contribution is -2.46. The number of aliphatic hydroxyl groups is 1. The summed E-state index contributed by atoms with van der Waals surface area (Å²) in [5.74, 6) is -0.297. The van der Waals surface area contributed by atoms with Crippen LogP contribution in [0.25, 0.3) is 0 Å². The van der Waals surface area contributed by atoms with E-state index in [1.165, 1.54) is 0 Å². The molecule has 5 N–H and O–H groups in total. The number of nitrogens with zero attached hydrogens (tertiary/aromatic N) is 1. The van der Waals surface area contributed by atoms with Crippen LogP contribution in [0.2, 0.25) is 0 Å². The van der Waals surface area contributed by atoms with Gasteiger partial charge in [0.25, 0.3) is 5.91 Å². The average molecular weight is 268 g/mol. The summed E-state index contributed by atoms with van der Waals surface area (Å²) in [6.45, 7) is 5.93. The predicted octanol–water partition coefficient (Wildman–Crippen LogP) is 1.23. The first kappa shape index (κ1) is 15.5. The Labute approximate surface area is 113 Å². The smallest absolute Gasteiger partial charge is 0.274 e. The van der Waals surface area contributed by atoms with E-state index in [4.69, 9.17) is 10.8 Å². The fraction of sp³-hybridized carbons (Fsp3) is 0.692. The highest BCUT2D eigenvalue weighted by molar-refractivity contribution is 5.98. The van der Waals surface area contributed by atoms with E-state index < -0.39 is 5.54 Å². The van der Waals surface area contributed by atoms with Crippen LogP contribution in [0.4, 0.5) is 5.69 Å². The summed E-state index contributed by atoms with van der Waals surface area (Å²) in [5.41, 5.74) is 6.93. The van der Waals surface area contributed by atoms with Crippen molar-refractivity contribution in [1.29, 1.82) is 0 Å². The zero-order chi connectivity index (χ0) is 14.5. The van der Waals surface area contributed by atoms with Crippen molar-refractivity contribution in [2.45, 2.75) is 52.0 Å². The Morgan fingerprint density at radius 3 is 2.74 bits per heavy atom. The van der Waals surface area contributed by atoms with Gasteiger partial charge in [-0.3, -0.25) is 9.89 Å². The number of aryl methyl sites for hydroxylation is 1. The van der Waals surface area contributed by atoms with Gasteiger partial charge in [0, 0.05) is 12.1 Å². The second kappa shape index (κ2) is 6.56. The van der Waals surface area contributed by atoms with Gasteiger partial charge in [0.15, 0.2) is 5.69 Å². The molecule has 0 bridgehead atoms. The van der Waals surface area contributed by atoms with E-state index in [1.54, 1.807) is 0 Å². The number of H-pyrrole nitrogens is 1. The van der Waals surface area contributed by atoms with Crippen LogP contribution < -0.4 is 11.1 Å². The summed E-state index contributed by atoms with van der Waals surface area (Å²) in [5, 5.41) is 18.7. The summed E-state index contributed by atoms with van der Waals surface area (Å²) in [6.07, 6.45) is 2.94. The minimum absolute atomic E-state index is 0.0295. The lowest BCUT2D eigenvalue weighted by atomic mass is 9.94. The molecule has 6 heteroatoms. The lowest BCUT2D eigenvalue weighted by molar-refractivity contribution is 0.0882. The van der Waals surface area contributed by atoms with E-state index in [0.29, 0.717) is 12.1 Å². The fourth-order valence-corrected chi connectivity index (χ4v) is 1.91. The van der Waals surface area contributed by atoms with Crippen molar-refractivity contribution in [3.05, 3.63) is 11.4 Å². The first-order chi connectivity index (χ1) is 8.97. The number of hydrogen-bond donors (Lipinski definition) is 4. The Bertz CT molecular complexity index is 430. The van der Waals surface area contributed by atoms with Crippen LogP contribution in [-0.2, 0) is 6.42 Å². The molecule has 1 unspecified atom stereocenters. The van der Waals surface area contributed by atoms with E-state index in [-0.39, 0.29) is 18.2 Å². The van der Waals surface area contributed by atoms with E-state index in [2.05, 4.69) is 15.5 Å². The van der Waals surface area contributed by atoms with Crippen LogP contribution >= 0.6 is 0 Å². The Balaban J connectivity index is 2.83. The number of carbonyl (C=O) groups excluding carboxylic acids is 1. The van der Waals surface area contributed by atoms with Crippen molar-refractivity contribution in [3.8, 4) is 0 Å². The number of amides is 1. The summed E-state index contributed by atoms with van der Waals surface area (Å²) in [4.78, 5) is 12.2. The van der Waals surface area contributed by atoms with E-state index in [0.717, 1.165) is 25.0 Å². The van der Waals surface area contributed by atoms with Crippen LogP contribution in [0, 0.1) is 0 Å². The van der Waals surface area contributed by atoms with Gasteiger partial charge < -0.3 is 16.2 Å². The first-order valence-corrected chi connectivity index (χ1v) is 6.73. The number of nitrogen functional groups attached to an aromatic ring is 1. The molecule has 0 aliphatic carbocycles. The minimum atomic E-state index is -0.442. The number of nitrogens with one attached hydrogen (secondary N) is 2. The maximum Gasteiger partial charge on any atom is 0.274 e. The van der Waals surface area contributed by atoms with Gasteiger partial charge in [-0.25, -0.2) is 0 Å². The number of nitrogens with two attached hydrogens (primary N) is 1. The Kier molecular flexibility index (Phi) is 5.35. The molecule has 1 aromatic heterocycles. The van der Waals surface area contributed by atoms with Crippen molar-refractivity contribution in [3.63, 3.8) is 0 Å². The van der Waals surface area contributed by atoms with Crippen LogP contribution in [0.15, 0.2) is 0 Å². The summed E-state index contributed by atoms with van der Waals surface area (Å²) < 4.78 is 0. The monoisotopic (exact) mass is 268 g/mol. The van der Waals surface area contributed by atoms with Gasteiger partial charge in [0.2, 0.25) is 0 Å². The molecule has 19 heavy (non-hydrogen) atoms. The van der Waals surface area contributed by atoms with Gasteiger partial charge in [-0.2, -0.15) is 5.10 Å². The molecule has 0 spiro atoms. The first-order valence-electron chi connectivity index (χ1n) is 6.73. The number of anilines is 1. The SMILES string of the molecule is CCCc1[nH]nc(C(=O)NC(C)(CC)CCO)c1N. The molecule has 108 valence electrons. The van der Waals surface area contributed by atoms with Crippen molar-refractivity contribution in [1.82, 2.24) is 15.5 Å². The highest BCUT2D eigenvalue weighted by atomic mass is 16.3. The highest BCUT2D eigenvalue weighted by Gasteiger charge is 2.26. The second-order valence-corrected chi connectivity index (χ2v) is 5.06. The molecule has 6 nitrogen and oxygen atoms in total. The van der Waals surface area contributed by atoms with Crippen LogP contribution in [-0.4, -0.2) is 33.4 Å². The third kappa shape index (κ3) is 3.70. The molecule has 0 saturated carbocycles. The zero-order valence-corrected chi connectivity index (χ0v) is 11.9. The molecule has 1 amide bonds. The quantitative estimate of drug-likeness (QED) is 0.597. The van der Waals surface area contributed by atoms with Crippen LogP contribution in [0.1, 0.15) is 56.2 Å². The third-order valence-electron chi connectivity index (χ3n) is 3.46. The largest absolute Gasteiger partial charge is 0.396 e. The molecule has 1 aromatic rings. The summed E-state index contributed by atoms with van der Waals surface area (Å²) in [7, 11) is 0. The highest BCUT2D eigenvalue weighted by Crippen LogP contribution is 2.19. The number of aromatic amines is 1. The van der Waals surface area contributed by atoms with Gasteiger partial charge in [-0.1, -0.05) is 20.3 Å². The number of aromatic nitrogens is 2. The van der Waals surface area contributed by atoms with E-state index in [1.807, 2.05) is 20.8 Å². The van der Waals surface area contributed by atoms with E-state index in [9.17, 15) is 4.79 Å². The van der Waals surface area contributed by atoms with Crippen LogP contribution in [0.3, 0.4) is 0 Å². The molecule has 1 rings (SSSR count). The number of carbonyl (C=O) groups is 1. The standard InChI is InChI=1S/C13H24N4O2/c1-4-6-9-10(14)11(17-16-9)12(19)15-13(3,5-2)7-8-18/h18H,4-8,14H2,1-3H3,(H,15,19)(H,16,17). The number of hydrogen-bond acceptors (Lipinski definition) is 4. The molecule has 0 fully saturated rings. The zero-order valence-electron chi connectivity index (χ0n) is 11.9. The molecule has 1 heterocycles. The fourth-order valence-electron chi connectivity index (χ4n) is 1.91. The minimum Gasteiger partial charge on any atom is -0.396 e. The van der Waals surface area contributed by atoms with Gasteiger partial charge in [-0.05, 0) is 26.2 Å². The maximum absolute atomic E-state index is 12.2. The third-order valence-corrected chi connectivity index (χ3v) is 3.46. The molecular weight excluding hydrogens is 244 g/mol. The molecule has 0 aliphatic rings. The maximum atomic E-state index is 12.2. The molecular formula is C13H24N4O2. The predicted molar refractivity (Wildman–Crippen MR) is 74.9 cm³/mol. The van der Waals surface area contributed by atoms with Gasteiger partial charge in [0.05, 0.1) is 11.4 Å². The lowest BCUT2D eigenvalue weighted by Gasteiger charge is -2.28. The summed E-state index contributed by atoms with van der Waals surface area (Å²) in [6, 6.07) is 0. The van der Waals surface area contributed by atoms with Crippen molar-refractivity contribution < 1.29 is 9.90 Å². The normalized spacial score (nSPS) is 14.1. The molecule has 0 radical (unpaired) electrons. The summed E-state index contributed by atoms with van der Waals surface area (Å²) >= 11 is 0. The molecule has 1 atom stereocenters. The number of rotatable bonds is 7. The molecule has 0 aromatic carbocycles. The molecule has 0 aliphatic heterocycles. The van der Waals surface area contributed by atoms with Gasteiger partial charge in [-0.15, -0.1) is 0 Å². The topological polar surface area (TPSA) is 104 Å². The Morgan fingerprint density at radius 2 is 2.21 bits per heavy atom. The van der Waals surface area contributed by atoms with E-state index >= 15 is 0 Å². The van der Waals surface area contributed by atoms with Crippen molar-refractivity contribution in [2.75, 3.05) is 12.3 Å².